The zero-order chi connectivity index (χ0) is 37.5. The zero-order valence-electron chi connectivity index (χ0n) is 30.3. The molecule has 0 aliphatic heterocycles. The van der Waals surface area contributed by atoms with Crippen LogP contribution < -0.4 is 0 Å². The van der Waals surface area contributed by atoms with Crippen LogP contribution in [0.15, 0.2) is 164 Å². The summed E-state index contributed by atoms with van der Waals surface area (Å²) in [6.45, 7) is 7.80. The number of hydrogen-bond acceptors (Lipinski definition) is 1. The molecular formula is C52H27N5. The van der Waals surface area contributed by atoms with Crippen molar-refractivity contribution in [1.82, 2.24) is 13.5 Å². The smallest absolute Gasteiger partial charge is 0.188 e. The van der Waals surface area contributed by atoms with Crippen molar-refractivity contribution in [3.8, 4) is 17.4 Å². The van der Waals surface area contributed by atoms with Gasteiger partial charge in [-0.05, 0) is 70.8 Å². The Kier molecular flexibility index (Phi) is 5.71. The third-order valence-corrected chi connectivity index (χ3v) is 12.3. The predicted octanol–water partition coefficient (Wildman–Crippen LogP) is 13.8. The molecule has 0 aliphatic rings. The Morgan fingerprint density at radius 1 is 0.421 bits per heavy atom. The molecule has 0 spiro atoms. The van der Waals surface area contributed by atoms with Gasteiger partial charge in [0.2, 0.25) is 0 Å². The van der Waals surface area contributed by atoms with Gasteiger partial charge in [-0.25, -0.2) is 4.85 Å². The molecule has 0 fully saturated rings. The average molecular weight is 722 g/mol. The van der Waals surface area contributed by atoms with Gasteiger partial charge in [-0.2, -0.15) is 5.26 Å². The van der Waals surface area contributed by atoms with Gasteiger partial charge in [0.25, 0.3) is 0 Å². The fourth-order valence-corrected chi connectivity index (χ4v) is 10.1. The summed E-state index contributed by atoms with van der Waals surface area (Å²) >= 11 is 0. The van der Waals surface area contributed by atoms with Crippen molar-refractivity contribution >= 4 is 109 Å². The van der Waals surface area contributed by atoms with Crippen molar-refractivity contribution in [3.05, 3.63) is 181 Å². The summed E-state index contributed by atoms with van der Waals surface area (Å²) in [4.78, 5) is 3.80. The van der Waals surface area contributed by atoms with Gasteiger partial charge in [0.05, 0.1) is 68.2 Å². The summed E-state index contributed by atoms with van der Waals surface area (Å²) in [6, 6.07) is 60.7. The average Bonchev–Trinajstić information content (AvgIpc) is 3.99. The molecule has 13 aromatic rings. The molecule has 4 aromatic heterocycles. The molecule has 0 N–H and O–H groups in total. The highest BCUT2D eigenvalue weighted by atomic mass is 15.0. The molecule has 0 radical (unpaired) electrons. The van der Waals surface area contributed by atoms with Gasteiger partial charge in [0.15, 0.2) is 5.69 Å². The minimum Gasteiger partial charge on any atom is -0.308 e. The van der Waals surface area contributed by atoms with E-state index in [0.717, 1.165) is 76.8 Å². The van der Waals surface area contributed by atoms with Crippen LogP contribution in [0.2, 0.25) is 0 Å². The fraction of sp³-hybridized carbons (Fsp3) is 0. The number of rotatable bonds is 2. The third-order valence-electron chi connectivity index (χ3n) is 12.3. The van der Waals surface area contributed by atoms with Gasteiger partial charge in [-0.15, -0.1) is 0 Å². The molecule has 0 aliphatic carbocycles. The van der Waals surface area contributed by atoms with Gasteiger partial charge >= 0.3 is 0 Å². The lowest BCUT2D eigenvalue weighted by Crippen LogP contribution is -1.98. The van der Waals surface area contributed by atoms with Crippen LogP contribution in [0.25, 0.3) is 119 Å². The Balaban J connectivity index is 1.26. The number of hydrogen-bond donors (Lipinski definition) is 0. The van der Waals surface area contributed by atoms with Gasteiger partial charge < -0.3 is 13.5 Å². The second-order valence-electron chi connectivity index (χ2n) is 15.1. The lowest BCUT2D eigenvalue weighted by atomic mass is 9.99. The van der Waals surface area contributed by atoms with E-state index in [1.165, 1.54) is 37.8 Å². The Morgan fingerprint density at radius 3 is 1.46 bits per heavy atom. The minimum atomic E-state index is 0.637. The maximum atomic E-state index is 9.91. The summed E-state index contributed by atoms with van der Waals surface area (Å²) in [6.07, 6.45) is 0. The Bertz CT molecular complexity index is 3750. The van der Waals surface area contributed by atoms with Gasteiger partial charge in [0, 0.05) is 48.5 Å². The summed E-state index contributed by atoms with van der Waals surface area (Å²) < 4.78 is 7.37. The molecular weight excluding hydrogens is 695 g/mol. The highest BCUT2D eigenvalue weighted by molar-refractivity contribution is 6.31. The van der Waals surface area contributed by atoms with Crippen molar-refractivity contribution in [2.45, 2.75) is 0 Å². The van der Waals surface area contributed by atoms with Crippen LogP contribution in [0, 0.1) is 17.9 Å². The molecule has 5 nitrogen and oxygen atoms in total. The van der Waals surface area contributed by atoms with Crippen molar-refractivity contribution < 1.29 is 0 Å². The molecule has 0 saturated carbocycles. The second kappa shape index (κ2) is 10.8. The minimum absolute atomic E-state index is 0.637. The van der Waals surface area contributed by atoms with Crippen LogP contribution >= 0.6 is 0 Å². The molecule has 13 rings (SSSR count). The number of para-hydroxylation sites is 3. The summed E-state index contributed by atoms with van der Waals surface area (Å²) in [5.41, 5.74) is 11.4. The lowest BCUT2D eigenvalue weighted by Gasteiger charge is -2.16. The summed E-state index contributed by atoms with van der Waals surface area (Å²) in [5.74, 6) is 0. The molecule has 0 unspecified atom stereocenters. The van der Waals surface area contributed by atoms with Crippen LogP contribution in [0.5, 0.6) is 0 Å². The molecule has 0 atom stereocenters. The fourth-order valence-electron chi connectivity index (χ4n) is 10.1. The number of nitrogens with zero attached hydrogens (tertiary/aromatic N) is 5. The predicted molar refractivity (Wildman–Crippen MR) is 236 cm³/mol. The number of nitriles is 1. The van der Waals surface area contributed by atoms with Crippen LogP contribution in [0.4, 0.5) is 5.69 Å². The molecule has 9 aromatic carbocycles. The van der Waals surface area contributed by atoms with Crippen molar-refractivity contribution in [1.29, 1.82) is 5.26 Å². The van der Waals surface area contributed by atoms with Crippen LogP contribution in [0.3, 0.4) is 0 Å². The van der Waals surface area contributed by atoms with Crippen LogP contribution in [0.1, 0.15) is 5.56 Å². The number of fused-ring (bicyclic) bond motifs is 14. The lowest BCUT2D eigenvalue weighted by molar-refractivity contribution is 1.21. The van der Waals surface area contributed by atoms with Crippen LogP contribution in [-0.2, 0) is 0 Å². The molecule has 5 heteroatoms. The number of benzene rings is 9. The summed E-state index contributed by atoms with van der Waals surface area (Å²) in [5, 5.41) is 23.8. The Morgan fingerprint density at radius 2 is 0.895 bits per heavy atom. The number of aromatic nitrogens is 3. The van der Waals surface area contributed by atoms with Crippen molar-refractivity contribution in [2.24, 2.45) is 0 Å². The molecule has 0 bridgehead atoms. The highest BCUT2D eigenvalue weighted by Crippen LogP contribution is 2.49. The maximum absolute atomic E-state index is 9.91. The molecule has 0 amide bonds. The van der Waals surface area contributed by atoms with Crippen molar-refractivity contribution in [2.75, 3.05) is 0 Å². The monoisotopic (exact) mass is 721 g/mol. The van der Waals surface area contributed by atoms with E-state index in [4.69, 9.17) is 6.57 Å². The zero-order valence-corrected chi connectivity index (χ0v) is 30.3. The second-order valence-corrected chi connectivity index (χ2v) is 15.1. The standard InChI is InChI=1S/C52H27N5/c1-54-33-22-24-45-41(28-33)37-16-7-9-20-43(37)56(45)52-35-14-5-3-12-32(35)27-47-49(52)39-18-10-17-38-48-46(57(47)50(38)39)26-31-11-2-4-13-34(31)51(48)55-42-19-8-6-15-36(42)40-25-30(29-53)21-23-44(40)55/h2-28H. The molecule has 260 valence electrons. The maximum Gasteiger partial charge on any atom is 0.188 e. The molecule has 0 saturated heterocycles. The van der Waals surface area contributed by atoms with E-state index in [9.17, 15) is 5.26 Å². The molecule has 57 heavy (non-hydrogen) atoms. The first-order valence-corrected chi connectivity index (χ1v) is 19.1. The van der Waals surface area contributed by atoms with Crippen molar-refractivity contribution in [3.63, 3.8) is 0 Å². The SMILES string of the molecule is [C-]#[N+]c1ccc2c(c1)c1ccccc1n2-c1c2ccccc2cc2c1c1cccc3c4c(-n5c6ccccc6c6cc(C#N)ccc65)c5ccccc5cc4n2c31. The molecule has 4 heterocycles. The Labute approximate surface area is 324 Å². The first kappa shape index (κ1) is 30.2. The first-order chi connectivity index (χ1) is 28.2. The first-order valence-electron chi connectivity index (χ1n) is 19.1. The van der Waals surface area contributed by atoms with E-state index in [2.05, 4.69) is 164 Å². The van der Waals surface area contributed by atoms with E-state index in [-0.39, 0.29) is 0 Å². The summed E-state index contributed by atoms with van der Waals surface area (Å²) in [7, 11) is 0. The Hall–Kier alpha value is -8.12. The van der Waals surface area contributed by atoms with Gasteiger partial charge in [-0.3, -0.25) is 0 Å². The highest BCUT2D eigenvalue weighted by Gasteiger charge is 2.27. The van der Waals surface area contributed by atoms with Gasteiger partial charge in [0.1, 0.15) is 0 Å². The van der Waals surface area contributed by atoms with E-state index >= 15 is 0 Å². The van der Waals surface area contributed by atoms with E-state index in [1.807, 2.05) is 24.3 Å². The largest absolute Gasteiger partial charge is 0.308 e. The third kappa shape index (κ3) is 3.75. The van der Waals surface area contributed by atoms with E-state index < -0.39 is 0 Å². The van der Waals surface area contributed by atoms with Crippen LogP contribution in [-0.4, -0.2) is 13.5 Å². The van der Waals surface area contributed by atoms with Gasteiger partial charge in [-0.1, -0.05) is 109 Å². The normalized spacial score (nSPS) is 12.2. The van der Waals surface area contributed by atoms with E-state index in [1.54, 1.807) is 0 Å². The topological polar surface area (TPSA) is 42.4 Å². The van der Waals surface area contributed by atoms with E-state index in [0.29, 0.717) is 11.3 Å². The quantitative estimate of drug-likeness (QED) is 0.164.